The number of rotatable bonds is 5. The van der Waals surface area contributed by atoms with Crippen LogP contribution in [0, 0.1) is 11.3 Å². The fourth-order valence-corrected chi connectivity index (χ4v) is 4.07. The van der Waals surface area contributed by atoms with Gasteiger partial charge in [0.25, 0.3) is 0 Å². The molecule has 132 valence electrons. The van der Waals surface area contributed by atoms with E-state index in [-0.39, 0.29) is 15.7 Å². The van der Waals surface area contributed by atoms with Crippen molar-refractivity contribution in [2.24, 2.45) is 5.14 Å². The molecular formula is C15H13N7O2S2. The first kappa shape index (κ1) is 16.6. The fourth-order valence-electron chi connectivity index (χ4n) is 2.41. The van der Waals surface area contributed by atoms with Crippen molar-refractivity contribution in [2.75, 3.05) is 5.32 Å². The summed E-state index contributed by atoms with van der Waals surface area (Å²) in [6.07, 6.45) is 2.31. The van der Waals surface area contributed by atoms with Crippen molar-refractivity contribution in [3.63, 3.8) is 0 Å². The zero-order valence-electron chi connectivity index (χ0n) is 13.3. The Morgan fingerprint density at radius 3 is 2.73 bits per heavy atom. The number of primary sulfonamides is 1. The number of H-pyrrole nitrogens is 1. The second kappa shape index (κ2) is 6.17. The Hall–Kier alpha value is -2.81. The molecule has 1 fully saturated rings. The summed E-state index contributed by atoms with van der Waals surface area (Å²) < 4.78 is 22.9. The van der Waals surface area contributed by atoms with E-state index in [1.54, 1.807) is 6.07 Å². The van der Waals surface area contributed by atoms with Crippen molar-refractivity contribution in [2.45, 2.75) is 23.0 Å². The normalized spacial score (nSPS) is 14.2. The highest BCUT2D eigenvalue weighted by Gasteiger charge is 2.25. The molecule has 1 aliphatic rings. The molecule has 0 unspecified atom stereocenters. The quantitative estimate of drug-likeness (QED) is 0.606. The fraction of sp³-hybridized carbons (Fsp3) is 0.200. The molecule has 1 aliphatic carbocycles. The lowest BCUT2D eigenvalue weighted by atomic mass is 10.3. The van der Waals surface area contributed by atoms with Gasteiger partial charge in [-0.05, 0) is 25.0 Å². The van der Waals surface area contributed by atoms with Crippen molar-refractivity contribution in [3.8, 4) is 16.8 Å². The summed E-state index contributed by atoms with van der Waals surface area (Å²) in [7, 11) is -3.80. The zero-order valence-corrected chi connectivity index (χ0v) is 14.9. The Morgan fingerprint density at radius 1 is 1.27 bits per heavy atom. The van der Waals surface area contributed by atoms with Crippen LogP contribution in [0.5, 0.6) is 0 Å². The Morgan fingerprint density at radius 2 is 2.08 bits per heavy atom. The molecule has 3 heterocycles. The van der Waals surface area contributed by atoms with Crippen molar-refractivity contribution >= 4 is 33.0 Å². The minimum Gasteiger partial charge on any atom is -0.323 e. The number of nitrogens with zero attached hydrogens (tertiary/aromatic N) is 4. The standard InChI is InChI=1S/C15H13N7O2S2/c16-7-9-5-12(19-13-6-10(21-22-13)8-1-2-8)20-15(18-9)11-3-4-14(25-11)26(17,23)24/h3-6,8H,1-2H2,(H2,17,23,24)(H2,18,19,20,21,22). The van der Waals surface area contributed by atoms with Gasteiger partial charge in [-0.15, -0.1) is 11.3 Å². The third kappa shape index (κ3) is 3.43. The third-order valence-electron chi connectivity index (χ3n) is 3.79. The van der Waals surface area contributed by atoms with Crippen molar-refractivity contribution in [3.05, 3.63) is 35.7 Å². The van der Waals surface area contributed by atoms with Crippen LogP contribution in [0.15, 0.2) is 28.5 Å². The van der Waals surface area contributed by atoms with E-state index < -0.39 is 10.0 Å². The maximum absolute atomic E-state index is 11.4. The summed E-state index contributed by atoms with van der Waals surface area (Å²) >= 11 is 0.946. The molecule has 11 heteroatoms. The van der Waals surface area contributed by atoms with Gasteiger partial charge in [-0.3, -0.25) is 5.10 Å². The number of sulfonamides is 1. The first-order valence-electron chi connectivity index (χ1n) is 7.67. The van der Waals surface area contributed by atoms with Gasteiger partial charge in [0.2, 0.25) is 10.0 Å². The first-order chi connectivity index (χ1) is 12.4. The van der Waals surface area contributed by atoms with E-state index in [0.29, 0.717) is 22.4 Å². The van der Waals surface area contributed by atoms with E-state index in [4.69, 9.17) is 5.14 Å². The topological polar surface area (TPSA) is 150 Å². The maximum atomic E-state index is 11.4. The van der Waals surface area contributed by atoms with Crippen LogP contribution >= 0.6 is 11.3 Å². The van der Waals surface area contributed by atoms with E-state index in [0.717, 1.165) is 29.9 Å². The molecule has 4 N–H and O–H groups in total. The highest BCUT2D eigenvalue weighted by Crippen LogP contribution is 2.39. The second-order valence-corrected chi connectivity index (χ2v) is 8.72. The number of anilines is 2. The number of hydrogen-bond donors (Lipinski definition) is 3. The summed E-state index contributed by atoms with van der Waals surface area (Å²) in [4.78, 5) is 8.99. The molecule has 0 aromatic carbocycles. The summed E-state index contributed by atoms with van der Waals surface area (Å²) in [5, 5.41) is 24.6. The van der Waals surface area contributed by atoms with Crippen LogP contribution in [0.25, 0.3) is 10.7 Å². The molecule has 0 spiro atoms. The smallest absolute Gasteiger partial charge is 0.247 e. The van der Waals surface area contributed by atoms with Gasteiger partial charge in [0.1, 0.15) is 21.8 Å². The Balaban J connectivity index is 1.66. The number of hydrogen-bond acceptors (Lipinski definition) is 8. The number of nitrogens with two attached hydrogens (primary N) is 1. The minimum absolute atomic E-state index is 0.00865. The van der Waals surface area contributed by atoms with Gasteiger partial charge in [-0.2, -0.15) is 10.4 Å². The molecule has 3 aromatic rings. The number of aromatic amines is 1. The van der Waals surface area contributed by atoms with Gasteiger partial charge in [-0.25, -0.2) is 23.5 Å². The van der Waals surface area contributed by atoms with Crippen molar-refractivity contribution in [1.82, 2.24) is 20.2 Å². The molecule has 0 aliphatic heterocycles. The van der Waals surface area contributed by atoms with Crippen LogP contribution in [0.1, 0.15) is 30.1 Å². The van der Waals surface area contributed by atoms with E-state index >= 15 is 0 Å². The molecule has 0 saturated heterocycles. The molecule has 1 saturated carbocycles. The lowest BCUT2D eigenvalue weighted by Crippen LogP contribution is -2.09. The van der Waals surface area contributed by atoms with E-state index in [9.17, 15) is 13.7 Å². The first-order valence-corrected chi connectivity index (χ1v) is 10.0. The minimum atomic E-state index is -3.80. The van der Waals surface area contributed by atoms with Gasteiger partial charge >= 0.3 is 0 Å². The number of thiophene rings is 1. The van der Waals surface area contributed by atoms with Gasteiger partial charge in [0.15, 0.2) is 11.6 Å². The van der Waals surface area contributed by atoms with Gasteiger partial charge in [-0.1, -0.05) is 0 Å². The SMILES string of the molecule is N#Cc1cc(Nc2cc(C3CC3)[nH]n2)nc(-c2ccc(S(N)(=O)=O)s2)n1. The average molecular weight is 387 g/mol. The Bertz CT molecular complexity index is 1120. The zero-order chi connectivity index (χ0) is 18.3. The Kier molecular flexibility index (Phi) is 3.95. The Labute approximate surface area is 153 Å². The molecule has 9 nitrogen and oxygen atoms in total. The molecule has 0 atom stereocenters. The van der Waals surface area contributed by atoms with Gasteiger partial charge < -0.3 is 5.32 Å². The largest absolute Gasteiger partial charge is 0.323 e. The van der Waals surface area contributed by atoms with Crippen LogP contribution in [0.4, 0.5) is 11.6 Å². The maximum Gasteiger partial charge on any atom is 0.247 e. The van der Waals surface area contributed by atoms with E-state index in [2.05, 4.69) is 25.5 Å². The van der Waals surface area contributed by atoms with E-state index in [1.165, 1.54) is 12.1 Å². The average Bonchev–Trinajstić information content (AvgIpc) is 3.13. The molecule has 0 radical (unpaired) electrons. The third-order valence-corrected chi connectivity index (χ3v) is 6.31. The van der Waals surface area contributed by atoms with E-state index in [1.807, 2.05) is 12.1 Å². The van der Waals surface area contributed by atoms with Crippen LogP contribution in [0.3, 0.4) is 0 Å². The van der Waals surface area contributed by atoms with Crippen LogP contribution in [-0.4, -0.2) is 28.6 Å². The van der Waals surface area contributed by atoms with Crippen LogP contribution in [0.2, 0.25) is 0 Å². The molecule has 26 heavy (non-hydrogen) atoms. The summed E-state index contributed by atoms with van der Waals surface area (Å²) in [5.41, 5.74) is 1.22. The second-order valence-electron chi connectivity index (χ2n) is 5.85. The highest BCUT2D eigenvalue weighted by molar-refractivity contribution is 7.91. The molecule has 0 amide bonds. The van der Waals surface area contributed by atoms with Crippen LogP contribution in [-0.2, 0) is 10.0 Å². The number of aromatic nitrogens is 4. The predicted molar refractivity (Wildman–Crippen MR) is 95.3 cm³/mol. The van der Waals surface area contributed by atoms with Gasteiger partial charge in [0.05, 0.1) is 4.88 Å². The van der Waals surface area contributed by atoms with Crippen molar-refractivity contribution < 1.29 is 8.42 Å². The molecule has 3 aromatic heterocycles. The molecule has 4 rings (SSSR count). The number of nitrogens with one attached hydrogen (secondary N) is 2. The number of nitriles is 1. The van der Waals surface area contributed by atoms with Crippen molar-refractivity contribution in [1.29, 1.82) is 5.26 Å². The monoisotopic (exact) mass is 387 g/mol. The van der Waals surface area contributed by atoms with Gasteiger partial charge in [0, 0.05) is 23.7 Å². The lowest BCUT2D eigenvalue weighted by molar-refractivity contribution is 0.600. The summed E-state index contributed by atoms with van der Waals surface area (Å²) in [5.74, 6) is 1.77. The predicted octanol–water partition coefficient (Wildman–Crippen LogP) is 2.07. The summed E-state index contributed by atoms with van der Waals surface area (Å²) in [6, 6.07) is 8.34. The molecular weight excluding hydrogens is 374 g/mol. The highest BCUT2D eigenvalue weighted by atomic mass is 32.2. The van der Waals surface area contributed by atoms with Crippen LogP contribution < -0.4 is 10.5 Å². The molecule has 0 bridgehead atoms. The lowest BCUT2D eigenvalue weighted by Gasteiger charge is -2.04. The summed E-state index contributed by atoms with van der Waals surface area (Å²) in [6.45, 7) is 0.